The summed E-state index contributed by atoms with van der Waals surface area (Å²) in [5, 5.41) is 3.73. The maximum atomic E-state index is 12.8. The molecule has 1 aliphatic heterocycles. The second kappa shape index (κ2) is 12.3. The highest BCUT2D eigenvalue weighted by atomic mass is 35.5. The molecule has 3 heterocycles. The fraction of sp³-hybridized carbons (Fsp3) is 0.269. The Morgan fingerprint density at radius 2 is 1.89 bits per heavy atom. The van der Waals surface area contributed by atoms with Crippen molar-refractivity contribution in [3.8, 4) is 5.88 Å². The van der Waals surface area contributed by atoms with Gasteiger partial charge >= 0.3 is 6.61 Å². The molecule has 0 bridgehead atoms. The van der Waals surface area contributed by atoms with Crippen LogP contribution in [-0.4, -0.2) is 47.0 Å². The minimum absolute atomic E-state index is 0.0287. The summed E-state index contributed by atoms with van der Waals surface area (Å²) in [6.07, 6.45) is 7.10. The van der Waals surface area contributed by atoms with Crippen molar-refractivity contribution in [3.63, 3.8) is 0 Å². The number of halogens is 4. The number of nitrogens with zero attached hydrogens (tertiary/aromatic N) is 3. The molecule has 0 aliphatic carbocycles. The predicted molar refractivity (Wildman–Crippen MR) is 137 cm³/mol. The molecule has 6 nitrogen and oxygen atoms in total. The first-order valence-electron chi connectivity index (χ1n) is 11.4. The third-order valence-corrected chi connectivity index (χ3v) is 6.32. The van der Waals surface area contributed by atoms with Crippen LogP contribution in [0, 0.1) is 0 Å². The second-order valence-electron chi connectivity index (χ2n) is 8.31. The van der Waals surface area contributed by atoms with E-state index in [1.807, 2.05) is 30.3 Å². The van der Waals surface area contributed by atoms with Crippen LogP contribution in [0.15, 0.2) is 60.8 Å². The summed E-state index contributed by atoms with van der Waals surface area (Å²) in [6.45, 7) is -0.613. The number of alkyl halides is 2. The van der Waals surface area contributed by atoms with Crippen LogP contribution in [0.25, 0.3) is 6.08 Å². The topological polar surface area (TPSA) is 67.3 Å². The minimum atomic E-state index is -2.99. The number of hydrogen-bond acceptors (Lipinski definition) is 5. The van der Waals surface area contributed by atoms with Crippen LogP contribution in [0.1, 0.15) is 40.4 Å². The lowest BCUT2D eigenvalue weighted by atomic mass is 9.92. The van der Waals surface area contributed by atoms with E-state index in [1.54, 1.807) is 12.1 Å². The van der Waals surface area contributed by atoms with Gasteiger partial charge in [-0.15, -0.1) is 0 Å². The molecular weight excluding hydrogens is 509 g/mol. The molecule has 10 heteroatoms. The molecule has 2 aromatic heterocycles. The predicted octanol–water partition coefficient (Wildman–Crippen LogP) is 6.53. The van der Waals surface area contributed by atoms with Gasteiger partial charge in [0, 0.05) is 35.3 Å². The Balaban J connectivity index is 1.43. The summed E-state index contributed by atoms with van der Waals surface area (Å²) in [7, 11) is 0. The van der Waals surface area contributed by atoms with E-state index in [0.29, 0.717) is 22.0 Å². The number of likely N-dealkylation sites (tertiary alicyclic amines) is 1. The van der Waals surface area contributed by atoms with Gasteiger partial charge in [0.1, 0.15) is 5.15 Å². The molecule has 4 rings (SSSR count). The van der Waals surface area contributed by atoms with Crippen molar-refractivity contribution in [2.75, 3.05) is 25.0 Å². The minimum Gasteiger partial charge on any atom is -0.417 e. The number of aromatic nitrogens is 2. The number of carbonyl (C=O) groups excluding carboxylic acids is 1. The average molecular weight is 533 g/mol. The van der Waals surface area contributed by atoms with Gasteiger partial charge in [0.05, 0.1) is 11.4 Å². The molecule has 0 saturated carbocycles. The van der Waals surface area contributed by atoms with Crippen molar-refractivity contribution >= 4 is 40.9 Å². The first-order valence-corrected chi connectivity index (χ1v) is 12.2. The van der Waals surface area contributed by atoms with Crippen molar-refractivity contribution in [1.82, 2.24) is 14.9 Å². The monoisotopic (exact) mass is 532 g/mol. The van der Waals surface area contributed by atoms with E-state index < -0.39 is 12.5 Å². The number of ether oxygens (including phenoxy) is 1. The van der Waals surface area contributed by atoms with Gasteiger partial charge in [-0.05, 0) is 61.8 Å². The number of anilines is 1. The number of pyridine rings is 2. The van der Waals surface area contributed by atoms with Crippen LogP contribution in [0.4, 0.5) is 14.5 Å². The van der Waals surface area contributed by atoms with E-state index in [1.165, 1.54) is 18.3 Å². The maximum Gasteiger partial charge on any atom is 0.388 e. The van der Waals surface area contributed by atoms with Crippen molar-refractivity contribution < 1.29 is 18.3 Å². The summed E-state index contributed by atoms with van der Waals surface area (Å²) >= 11 is 11.8. The number of piperidine rings is 1. The number of amides is 1. The third kappa shape index (κ3) is 7.22. The highest BCUT2D eigenvalue weighted by Gasteiger charge is 2.25. The number of carbonyl (C=O) groups is 1. The van der Waals surface area contributed by atoms with Gasteiger partial charge in [-0.1, -0.05) is 47.5 Å². The van der Waals surface area contributed by atoms with Gasteiger partial charge in [0.15, 0.2) is 0 Å². The highest BCUT2D eigenvalue weighted by molar-refractivity contribution is 6.30. The molecule has 1 fully saturated rings. The lowest BCUT2D eigenvalue weighted by Crippen LogP contribution is -2.33. The Bertz CT molecular complexity index is 1220. The molecule has 0 radical (unpaired) electrons. The van der Waals surface area contributed by atoms with Gasteiger partial charge < -0.3 is 10.1 Å². The number of benzene rings is 1. The van der Waals surface area contributed by atoms with Crippen LogP contribution >= 0.6 is 23.2 Å². The molecule has 1 saturated heterocycles. The molecule has 36 heavy (non-hydrogen) atoms. The largest absolute Gasteiger partial charge is 0.417 e. The molecule has 3 aromatic rings. The van der Waals surface area contributed by atoms with E-state index in [4.69, 9.17) is 23.2 Å². The summed E-state index contributed by atoms with van der Waals surface area (Å²) in [5.74, 6) is -0.605. The van der Waals surface area contributed by atoms with Gasteiger partial charge in [0.2, 0.25) is 5.88 Å². The smallest absolute Gasteiger partial charge is 0.388 e. The van der Waals surface area contributed by atoms with E-state index in [-0.39, 0.29) is 17.0 Å². The van der Waals surface area contributed by atoms with Gasteiger partial charge in [-0.2, -0.15) is 8.78 Å². The van der Waals surface area contributed by atoms with Gasteiger partial charge in [-0.3, -0.25) is 9.69 Å². The summed E-state index contributed by atoms with van der Waals surface area (Å²) in [5.41, 5.74) is 2.38. The SMILES string of the molecule is O=C(Nc1ccc(OC(F)F)nc1C1CCN(C/C=C/c2ccc(Cl)cc2)CC1)c1ccnc(Cl)c1. The molecule has 0 spiro atoms. The standard InChI is InChI=1S/C26H24Cl2F2N4O2/c27-20-5-3-17(4-6-20)2-1-13-34-14-10-18(11-15-34)24-21(7-8-23(33-24)36-26(29)30)32-25(35)19-9-12-31-22(28)16-19/h1-9,12,16,18,26H,10-11,13-15H2,(H,32,35)/b2-1+. The zero-order chi connectivity index (χ0) is 25.5. The van der Waals surface area contributed by atoms with Crippen molar-refractivity contribution in [3.05, 3.63) is 87.8 Å². The van der Waals surface area contributed by atoms with Crippen LogP contribution < -0.4 is 10.1 Å². The van der Waals surface area contributed by atoms with E-state index in [9.17, 15) is 13.6 Å². The second-order valence-corrected chi connectivity index (χ2v) is 9.13. The number of rotatable bonds is 8. The van der Waals surface area contributed by atoms with E-state index in [2.05, 4.69) is 31.0 Å². The van der Waals surface area contributed by atoms with Crippen molar-refractivity contribution in [2.24, 2.45) is 0 Å². The molecule has 1 aromatic carbocycles. The van der Waals surface area contributed by atoms with E-state index >= 15 is 0 Å². The Labute approximate surface area is 217 Å². The molecule has 0 unspecified atom stereocenters. The summed E-state index contributed by atoms with van der Waals surface area (Å²) in [4.78, 5) is 23.3. The molecular formula is C26H24Cl2F2N4O2. The first kappa shape index (κ1) is 26.0. The van der Waals surface area contributed by atoms with Crippen LogP contribution in [-0.2, 0) is 0 Å². The molecule has 188 valence electrons. The lowest BCUT2D eigenvalue weighted by molar-refractivity contribution is -0.0530. The van der Waals surface area contributed by atoms with Crippen LogP contribution in [0.2, 0.25) is 10.2 Å². The van der Waals surface area contributed by atoms with Crippen LogP contribution in [0.5, 0.6) is 5.88 Å². The fourth-order valence-electron chi connectivity index (χ4n) is 4.07. The number of hydrogen-bond donors (Lipinski definition) is 1. The third-order valence-electron chi connectivity index (χ3n) is 5.86. The fourth-order valence-corrected chi connectivity index (χ4v) is 4.37. The van der Waals surface area contributed by atoms with Crippen LogP contribution in [0.3, 0.4) is 0 Å². The highest BCUT2D eigenvalue weighted by Crippen LogP contribution is 2.33. The Hall–Kier alpha value is -3.07. The quantitative estimate of drug-likeness (QED) is 0.334. The maximum absolute atomic E-state index is 12.8. The Morgan fingerprint density at radius 1 is 1.14 bits per heavy atom. The number of nitrogens with one attached hydrogen (secondary N) is 1. The Kier molecular flexibility index (Phi) is 8.85. The van der Waals surface area contributed by atoms with E-state index in [0.717, 1.165) is 38.0 Å². The molecule has 1 amide bonds. The van der Waals surface area contributed by atoms with Crippen molar-refractivity contribution in [1.29, 1.82) is 0 Å². The van der Waals surface area contributed by atoms with Crippen molar-refractivity contribution in [2.45, 2.75) is 25.4 Å². The van der Waals surface area contributed by atoms with Gasteiger partial charge in [-0.25, -0.2) is 9.97 Å². The van der Waals surface area contributed by atoms with Gasteiger partial charge in [0.25, 0.3) is 5.91 Å². The lowest BCUT2D eigenvalue weighted by Gasteiger charge is -2.31. The zero-order valence-electron chi connectivity index (χ0n) is 19.2. The molecule has 0 atom stereocenters. The normalized spacial score (nSPS) is 14.9. The molecule has 1 N–H and O–H groups in total. The summed E-state index contributed by atoms with van der Waals surface area (Å²) in [6, 6.07) is 13.5. The molecule has 1 aliphatic rings. The zero-order valence-corrected chi connectivity index (χ0v) is 20.7. The Morgan fingerprint density at radius 3 is 2.58 bits per heavy atom. The average Bonchev–Trinajstić information content (AvgIpc) is 2.86. The first-order chi connectivity index (χ1) is 17.4. The summed E-state index contributed by atoms with van der Waals surface area (Å²) < 4.78 is 30.1.